The van der Waals surface area contributed by atoms with Crippen molar-refractivity contribution in [1.29, 1.82) is 0 Å². The van der Waals surface area contributed by atoms with E-state index in [1.807, 2.05) is 50.4 Å². The van der Waals surface area contributed by atoms with Crippen LogP contribution >= 0.6 is 27.7 Å². The molecule has 0 bridgehead atoms. The summed E-state index contributed by atoms with van der Waals surface area (Å²) in [6, 6.07) is 14.2. The first-order valence-corrected chi connectivity index (χ1v) is 11.6. The Morgan fingerprint density at radius 2 is 1.97 bits per heavy atom. The average Bonchev–Trinajstić information content (AvgIpc) is 3.15. The topological polar surface area (TPSA) is 74.1 Å². The molecular formula is C21H26BrN5O2S. The van der Waals surface area contributed by atoms with Gasteiger partial charge in [0.05, 0.1) is 11.1 Å². The Morgan fingerprint density at radius 3 is 2.70 bits per heavy atom. The molecule has 0 radical (unpaired) electrons. The van der Waals surface area contributed by atoms with E-state index < -0.39 is 0 Å². The summed E-state index contributed by atoms with van der Waals surface area (Å²) >= 11 is 5.31. The van der Waals surface area contributed by atoms with E-state index in [1.165, 1.54) is 0 Å². The Labute approximate surface area is 189 Å². The number of nitrogens with zero attached hydrogens (tertiary/aromatic N) is 4. The molecule has 0 saturated heterocycles. The van der Waals surface area contributed by atoms with Crippen LogP contribution in [-0.2, 0) is 20.2 Å². The van der Waals surface area contributed by atoms with Gasteiger partial charge in [0.2, 0.25) is 5.16 Å². The maximum Gasteiger partial charge on any atom is 0.209 e. The van der Waals surface area contributed by atoms with E-state index in [-0.39, 0.29) is 0 Å². The lowest BCUT2D eigenvalue weighted by Gasteiger charge is -2.16. The van der Waals surface area contributed by atoms with Gasteiger partial charge in [-0.3, -0.25) is 0 Å². The van der Waals surface area contributed by atoms with Crippen molar-refractivity contribution in [3.63, 3.8) is 0 Å². The zero-order valence-corrected chi connectivity index (χ0v) is 19.6. The van der Waals surface area contributed by atoms with E-state index in [0.717, 1.165) is 57.5 Å². The smallest absolute Gasteiger partial charge is 0.209 e. The van der Waals surface area contributed by atoms with Gasteiger partial charge < -0.3 is 14.8 Å². The van der Waals surface area contributed by atoms with Crippen LogP contribution in [0.25, 0.3) is 0 Å². The van der Waals surface area contributed by atoms with Gasteiger partial charge in [0.1, 0.15) is 6.61 Å². The predicted octanol–water partition coefficient (Wildman–Crippen LogP) is 4.22. The molecule has 160 valence electrons. The summed E-state index contributed by atoms with van der Waals surface area (Å²) in [6.45, 7) is 4.72. The third-order valence-corrected chi connectivity index (χ3v) is 5.92. The molecule has 1 heterocycles. The molecule has 9 heteroatoms. The predicted molar refractivity (Wildman–Crippen MR) is 122 cm³/mol. The molecule has 30 heavy (non-hydrogen) atoms. The highest BCUT2D eigenvalue weighted by Gasteiger charge is 2.13. The summed E-state index contributed by atoms with van der Waals surface area (Å²) in [5, 5.41) is 15.8. The van der Waals surface area contributed by atoms with E-state index >= 15 is 0 Å². The summed E-state index contributed by atoms with van der Waals surface area (Å²) in [7, 11) is 1.85. The molecule has 0 aliphatic rings. The third kappa shape index (κ3) is 6.72. The molecular weight excluding hydrogens is 466 g/mol. The first-order chi connectivity index (χ1) is 14.7. The van der Waals surface area contributed by atoms with Gasteiger partial charge in [-0.25, -0.2) is 4.68 Å². The second kappa shape index (κ2) is 11.9. The zero-order valence-electron chi connectivity index (χ0n) is 17.2. The van der Waals surface area contributed by atoms with Crippen LogP contribution in [0.3, 0.4) is 0 Å². The molecule has 1 N–H and O–H groups in total. The molecule has 0 unspecified atom stereocenters. The van der Waals surface area contributed by atoms with Gasteiger partial charge in [0, 0.05) is 19.3 Å². The summed E-state index contributed by atoms with van der Waals surface area (Å²) in [4.78, 5) is 0. The van der Waals surface area contributed by atoms with Crippen molar-refractivity contribution in [1.82, 2.24) is 25.5 Å². The van der Waals surface area contributed by atoms with Crippen LogP contribution in [0, 0.1) is 0 Å². The van der Waals surface area contributed by atoms with Gasteiger partial charge >= 0.3 is 0 Å². The zero-order chi connectivity index (χ0) is 21.2. The number of nitrogens with one attached hydrogen (secondary N) is 1. The fourth-order valence-corrected chi connectivity index (χ4v) is 4.19. The van der Waals surface area contributed by atoms with Gasteiger partial charge in [-0.05, 0) is 69.5 Å². The lowest BCUT2D eigenvalue weighted by molar-refractivity contribution is 0.267. The monoisotopic (exact) mass is 491 g/mol. The van der Waals surface area contributed by atoms with Crippen molar-refractivity contribution in [2.45, 2.75) is 31.7 Å². The van der Waals surface area contributed by atoms with E-state index in [2.05, 4.69) is 42.8 Å². The fourth-order valence-electron chi connectivity index (χ4n) is 2.79. The van der Waals surface area contributed by atoms with Crippen LogP contribution in [0.4, 0.5) is 0 Å². The van der Waals surface area contributed by atoms with Gasteiger partial charge in [-0.1, -0.05) is 42.1 Å². The number of ether oxygens (including phenoxy) is 2. The summed E-state index contributed by atoms with van der Waals surface area (Å²) in [6.07, 6.45) is 1.02. The fraction of sp³-hybridized carbons (Fsp3) is 0.381. The van der Waals surface area contributed by atoms with E-state index in [4.69, 9.17) is 9.47 Å². The van der Waals surface area contributed by atoms with E-state index in [0.29, 0.717) is 13.2 Å². The van der Waals surface area contributed by atoms with Crippen molar-refractivity contribution in [3.05, 3.63) is 58.1 Å². The lowest BCUT2D eigenvalue weighted by Crippen LogP contribution is -2.15. The molecule has 0 amide bonds. The first kappa shape index (κ1) is 22.6. The molecule has 0 saturated carbocycles. The van der Waals surface area contributed by atoms with Crippen LogP contribution in [0.1, 0.15) is 24.5 Å². The third-order valence-electron chi connectivity index (χ3n) is 4.23. The van der Waals surface area contributed by atoms with Crippen molar-refractivity contribution in [2.24, 2.45) is 7.05 Å². The number of tetrazole rings is 1. The maximum absolute atomic E-state index is 6.05. The molecule has 0 spiro atoms. The number of hydrogen-bond donors (Lipinski definition) is 1. The van der Waals surface area contributed by atoms with Crippen molar-refractivity contribution < 1.29 is 9.47 Å². The Balaban J connectivity index is 1.50. The molecule has 3 aromatic rings. The number of thioether (sulfide) groups is 1. The largest absolute Gasteiger partial charge is 0.490 e. The standard InChI is InChI=1S/C21H26BrN5O2S/c1-3-28-19-13-17(14-23-10-7-11-30-21-24-25-26-27(21)2)12-18(22)20(19)29-15-16-8-5-4-6-9-16/h4-6,8-9,12-13,23H,3,7,10-11,14-15H2,1-2H3. The molecule has 0 aliphatic carbocycles. The normalized spacial score (nSPS) is 10.9. The number of aromatic nitrogens is 4. The van der Waals surface area contributed by atoms with E-state index in [1.54, 1.807) is 16.4 Å². The highest BCUT2D eigenvalue weighted by Crippen LogP contribution is 2.37. The summed E-state index contributed by atoms with van der Waals surface area (Å²) in [5.41, 5.74) is 2.26. The molecule has 0 aliphatic heterocycles. The highest BCUT2D eigenvalue weighted by atomic mass is 79.9. The van der Waals surface area contributed by atoms with Gasteiger partial charge in [-0.2, -0.15) is 0 Å². The van der Waals surface area contributed by atoms with E-state index in [9.17, 15) is 0 Å². The number of rotatable bonds is 12. The summed E-state index contributed by atoms with van der Waals surface area (Å²) in [5.74, 6) is 2.45. The average molecular weight is 492 g/mol. The van der Waals surface area contributed by atoms with Crippen LogP contribution in [0.5, 0.6) is 11.5 Å². The SMILES string of the molecule is CCOc1cc(CNCCCSc2nnnn2C)cc(Br)c1OCc1ccccc1. The van der Waals surface area contributed by atoms with Gasteiger partial charge in [0.25, 0.3) is 0 Å². The minimum absolute atomic E-state index is 0.496. The Hall–Kier alpha value is -2.10. The number of aryl methyl sites for hydroxylation is 1. The number of halogens is 1. The second-order valence-electron chi connectivity index (χ2n) is 6.58. The van der Waals surface area contributed by atoms with Crippen LogP contribution in [0.15, 0.2) is 52.1 Å². The van der Waals surface area contributed by atoms with Gasteiger partial charge in [-0.15, -0.1) is 5.10 Å². The molecule has 1 aromatic heterocycles. The quantitative estimate of drug-likeness (QED) is 0.300. The van der Waals surface area contributed by atoms with Crippen molar-refractivity contribution >= 4 is 27.7 Å². The Kier molecular flexibility index (Phi) is 8.98. The Bertz CT molecular complexity index is 923. The van der Waals surface area contributed by atoms with Crippen molar-refractivity contribution in [2.75, 3.05) is 18.9 Å². The van der Waals surface area contributed by atoms with Crippen LogP contribution in [0.2, 0.25) is 0 Å². The minimum atomic E-state index is 0.496. The molecule has 2 aromatic carbocycles. The molecule has 3 rings (SSSR count). The van der Waals surface area contributed by atoms with Crippen LogP contribution < -0.4 is 14.8 Å². The van der Waals surface area contributed by atoms with Gasteiger partial charge in [0.15, 0.2) is 11.5 Å². The number of hydrogen-bond acceptors (Lipinski definition) is 7. The minimum Gasteiger partial charge on any atom is -0.490 e. The van der Waals surface area contributed by atoms with Crippen molar-refractivity contribution in [3.8, 4) is 11.5 Å². The highest BCUT2D eigenvalue weighted by molar-refractivity contribution is 9.10. The molecule has 0 atom stereocenters. The lowest BCUT2D eigenvalue weighted by atomic mass is 10.2. The maximum atomic E-state index is 6.05. The summed E-state index contributed by atoms with van der Waals surface area (Å²) < 4.78 is 14.5. The van der Waals surface area contributed by atoms with Crippen LogP contribution in [-0.4, -0.2) is 39.1 Å². The first-order valence-electron chi connectivity index (χ1n) is 9.85. The molecule has 7 nitrogen and oxygen atoms in total. The second-order valence-corrected chi connectivity index (χ2v) is 8.49. The Morgan fingerprint density at radius 1 is 1.13 bits per heavy atom. The number of benzene rings is 2. The molecule has 0 fully saturated rings.